The van der Waals surface area contributed by atoms with E-state index in [1.165, 1.54) is 0 Å². The van der Waals surface area contributed by atoms with Gasteiger partial charge >= 0.3 is 0 Å². The fourth-order valence-corrected chi connectivity index (χ4v) is 1.59. The van der Waals surface area contributed by atoms with E-state index < -0.39 is 0 Å². The Balaban J connectivity index is 2.41. The van der Waals surface area contributed by atoms with Gasteiger partial charge in [-0.3, -0.25) is 0 Å². The number of aromatic nitrogens is 1. The van der Waals surface area contributed by atoms with Crippen LogP contribution in [0.4, 0.5) is 5.13 Å². The van der Waals surface area contributed by atoms with Crippen LogP contribution in [-0.4, -0.2) is 17.1 Å². The SMILES string of the molecule is CCC(N)(CC)CNc1nccs1. The zero-order valence-electron chi connectivity index (χ0n) is 8.21. The molecule has 0 saturated heterocycles. The molecular weight excluding hydrogens is 182 g/mol. The third kappa shape index (κ3) is 2.97. The summed E-state index contributed by atoms with van der Waals surface area (Å²) in [7, 11) is 0. The molecule has 1 aromatic rings. The first-order valence-corrected chi connectivity index (χ1v) is 5.50. The van der Waals surface area contributed by atoms with Gasteiger partial charge < -0.3 is 11.1 Å². The largest absolute Gasteiger partial charge is 0.360 e. The van der Waals surface area contributed by atoms with Crippen molar-refractivity contribution in [2.75, 3.05) is 11.9 Å². The number of hydrogen-bond donors (Lipinski definition) is 2. The van der Waals surface area contributed by atoms with Crippen molar-refractivity contribution in [2.45, 2.75) is 32.2 Å². The molecule has 0 fully saturated rings. The predicted octanol–water partition coefficient (Wildman–Crippen LogP) is 2.07. The molecule has 0 saturated carbocycles. The van der Waals surface area contributed by atoms with E-state index in [-0.39, 0.29) is 5.54 Å². The molecule has 1 heterocycles. The number of anilines is 1. The first-order chi connectivity index (χ1) is 6.20. The predicted molar refractivity (Wildman–Crippen MR) is 58.1 cm³/mol. The Morgan fingerprint density at radius 3 is 2.69 bits per heavy atom. The Labute approximate surface area is 83.4 Å². The average Bonchev–Trinajstić information content (AvgIpc) is 2.67. The van der Waals surface area contributed by atoms with Crippen LogP contribution in [0.25, 0.3) is 0 Å². The van der Waals surface area contributed by atoms with Gasteiger partial charge in [0.2, 0.25) is 0 Å². The number of rotatable bonds is 5. The molecular formula is C9H17N3S. The first-order valence-electron chi connectivity index (χ1n) is 4.62. The van der Waals surface area contributed by atoms with Crippen LogP contribution in [0.15, 0.2) is 11.6 Å². The van der Waals surface area contributed by atoms with Gasteiger partial charge in [0.15, 0.2) is 5.13 Å². The summed E-state index contributed by atoms with van der Waals surface area (Å²) in [6.07, 6.45) is 3.77. The molecule has 0 atom stereocenters. The van der Waals surface area contributed by atoms with Crippen LogP contribution in [0.2, 0.25) is 0 Å². The number of nitrogens with one attached hydrogen (secondary N) is 1. The molecule has 74 valence electrons. The topological polar surface area (TPSA) is 50.9 Å². The van der Waals surface area contributed by atoms with E-state index in [0.717, 1.165) is 24.5 Å². The minimum absolute atomic E-state index is 0.0916. The molecule has 0 bridgehead atoms. The molecule has 1 rings (SSSR count). The van der Waals surface area contributed by atoms with E-state index in [0.29, 0.717) is 0 Å². The summed E-state index contributed by atoms with van der Waals surface area (Å²) in [5.41, 5.74) is 6.04. The summed E-state index contributed by atoms with van der Waals surface area (Å²) >= 11 is 1.61. The van der Waals surface area contributed by atoms with Crippen LogP contribution in [0, 0.1) is 0 Å². The second-order valence-corrected chi connectivity index (χ2v) is 4.15. The van der Waals surface area contributed by atoms with Gasteiger partial charge in [-0.05, 0) is 12.8 Å². The van der Waals surface area contributed by atoms with Gasteiger partial charge in [0.1, 0.15) is 0 Å². The van der Waals surface area contributed by atoms with Gasteiger partial charge in [-0.15, -0.1) is 11.3 Å². The summed E-state index contributed by atoms with van der Waals surface area (Å²) in [6, 6.07) is 0. The highest BCUT2D eigenvalue weighted by Crippen LogP contribution is 2.15. The first kappa shape index (κ1) is 10.5. The quantitative estimate of drug-likeness (QED) is 0.763. The zero-order chi connectivity index (χ0) is 9.73. The molecule has 13 heavy (non-hydrogen) atoms. The number of nitrogens with two attached hydrogens (primary N) is 1. The maximum Gasteiger partial charge on any atom is 0.182 e. The van der Waals surface area contributed by atoms with Crippen LogP contribution in [0.3, 0.4) is 0 Å². The standard InChI is InChI=1S/C9H17N3S/c1-3-9(10,4-2)7-12-8-11-5-6-13-8/h5-6H,3-4,7,10H2,1-2H3,(H,11,12). The fourth-order valence-electron chi connectivity index (χ4n) is 1.06. The van der Waals surface area contributed by atoms with Crippen LogP contribution < -0.4 is 11.1 Å². The molecule has 0 radical (unpaired) electrons. The van der Waals surface area contributed by atoms with Crippen molar-refractivity contribution in [3.63, 3.8) is 0 Å². The molecule has 0 aromatic carbocycles. The Hall–Kier alpha value is -0.610. The van der Waals surface area contributed by atoms with Crippen molar-refractivity contribution < 1.29 is 0 Å². The minimum atomic E-state index is -0.0916. The number of thiazole rings is 1. The van der Waals surface area contributed by atoms with Crippen LogP contribution in [-0.2, 0) is 0 Å². The molecule has 0 aliphatic heterocycles. The lowest BCUT2D eigenvalue weighted by atomic mass is 9.94. The fraction of sp³-hybridized carbons (Fsp3) is 0.667. The van der Waals surface area contributed by atoms with Gasteiger partial charge in [-0.2, -0.15) is 0 Å². The Bertz CT molecular complexity index is 229. The number of nitrogens with zero attached hydrogens (tertiary/aromatic N) is 1. The molecule has 0 amide bonds. The maximum absolute atomic E-state index is 6.13. The monoisotopic (exact) mass is 199 g/mol. The molecule has 0 unspecified atom stereocenters. The lowest BCUT2D eigenvalue weighted by Crippen LogP contribution is -2.45. The second kappa shape index (κ2) is 4.58. The van der Waals surface area contributed by atoms with Crippen molar-refractivity contribution >= 4 is 16.5 Å². The lowest BCUT2D eigenvalue weighted by molar-refractivity contribution is 0.418. The van der Waals surface area contributed by atoms with E-state index in [1.54, 1.807) is 17.5 Å². The molecule has 1 aromatic heterocycles. The summed E-state index contributed by atoms with van der Waals surface area (Å²) in [6.45, 7) is 5.04. The van der Waals surface area contributed by atoms with Crippen molar-refractivity contribution in [3.8, 4) is 0 Å². The molecule has 3 N–H and O–H groups in total. The van der Waals surface area contributed by atoms with E-state index in [9.17, 15) is 0 Å². The minimum Gasteiger partial charge on any atom is -0.360 e. The van der Waals surface area contributed by atoms with Crippen molar-refractivity contribution in [1.82, 2.24) is 4.98 Å². The van der Waals surface area contributed by atoms with Crippen molar-refractivity contribution in [2.24, 2.45) is 5.73 Å². The van der Waals surface area contributed by atoms with Crippen molar-refractivity contribution in [1.29, 1.82) is 0 Å². The van der Waals surface area contributed by atoms with Gasteiger partial charge in [0, 0.05) is 23.7 Å². The van der Waals surface area contributed by atoms with Crippen LogP contribution in [0.5, 0.6) is 0 Å². The highest BCUT2D eigenvalue weighted by molar-refractivity contribution is 7.13. The number of hydrogen-bond acceptors (Lipinski definition) is 4. The highest BCUT2D eigenvalue weighted by atomic mass is 32.1. The average molecular weight is 199 g/mol. The Morgan fingerprint density at radius 1 is 1.54 bits per heavy atom. The second-order valence-electron chi connectivity index (χ2n) is 3.26. The highest BCUT2D eigenvalue weighted by Gasteiger charge is 2.19. The summed E-state index contributed by atoms with van der Waals surface area (Å²) < 4.78 is 0. The summed E-state index contributed by atoms with van der Waals surface area (Å²) in [5, 5.41) is 6.16. The zero-order valence-corrected chi connectivity index (χ0v) is 9.03. The normalized spacial score (nSPS) is 11.6. The van der Waals surface area contributed by atoms with Crippen molar-refractivity contribution in [3.05, 3.63) is 11.6 Å². The van der Waals surface area contributed by atoms with E-state index in [1.807, 2.05) is 5.38 Å². The van der Waals surface area contributed by atoms with Crippen LogP contribution in [0.1, 0.15) is 26.7 Å². The molecule has 0 spiro atoms. The Kier molecular flexibility index (Phi) is 3.69. The molecule has 0 aliphatic carbocycles. The molecule has 4 heteroatoms. The maximum atomic E-state index is 6.13. The Morgan fingerprint density at radius 2 is 2.23 bits per heavy atom. The third-order valence-electron chi connectivity index (χ3n) is 2.43. The van der Waals surface area contributed by atoms with Gasteiger partial charge in [-0.1, -0.05) is 13.8 Å². The molecule has 0 aliphatic rings. The third-order valence-corrected chi connectivity index (χ3v) is 3.16. The lowest BCUT2D eigenvalue weighted by Gasteiger charge is -2.26. The van der Waals surface area contributed by atoms with Gasteiger partial charge in [0.05, 0.1) is 0 Å². The summed E-state index contributed by atoms with van der Waals surface area (Å²) in [5.74, 6) is 0. The van der Waals surface area contributed by atoms with Gasteiger partial charge in [0.25, 0.3) is 0 Å². The summed E-state index contributed by atoms with van der Waals surface area (Å²) in [4.78, 5) is 4.14. The van der Waals surface area contributed by atoms with E-state index in [4.69, 9.17) is 5.73 Å². The van der Waals surface area contributed by atoms with E-state index >= 15 is 0 Å². The van der Waals surface area contributed by atoms with E-state index in [2.05, 4.69) is 24.1 Å². The van der Waals surface area contributed by atoms with Crippen LogP contribution >= 0.6 is 11.3 Å². The smallest absolute Gasteiger partial charge is 0.182 e. The van der Waals surface area contributed by atoms with Gasteiger partial charge in [-0.25, -0.2) is 4.98 Å². The molecule has 3 nitrogen and oxygen atoms in total.